The summed E-state index contributed by atoms with van der Waals surface area (Å²) in [7, 11) is 0. The van der Waals surface area contributed by atoms with E-state index in [1.54, 1.807) is 0 Å². The number of hydrogen-bond donors (Lipinski definition) is 2. The second-order valence-electron chi connectivity index (χ2n) is 6.76. The van der Waals surface area contributed by atoms with Crippen LogP contribution in [-0.4, -0.2) is 21.7 Å². The molecule has 0 radical (unpaired) electrons. The molecule has 0 bridgehead atoms. The standard InChI is InChI=1S/C20H41NO2/c1-3-5-6-7-8-9-10-11-12-13-14-15-16-17-18-19-20(4-2)21(22)23/h11-12,20,22-23H,3-10,13-19H2,1-2H3/b12-11-. The number of unbranched alkanes of at least 4 members (excludes halogenated alkanes) is 11. The predicted octanol–water partition coefficient (Wildman–Crippen LogP) is 6.88. The minimum atomic E-state index is -0.0973. The molecule has 1 unspecified atom stereocenters. The molecule has 0 fully saturated rings. The van der Waals surface area contributed by atoms with Crippen LogP contribution in [0.15, 0.2) is 12.2 Å². The van der Waals surface area contributed by atoms with Crippen LogP contribution in [0.4, 0.5) is 0 Å². The molecule has 1 atom stereocenters. The Bertz CT molecular complexity index is 254. The Morgan fingerprint density at radius 1 is 0.696 bits per heavy atom. The van der Waals surface area contributed by atoms with Crippen LogP contribution >= 0.6 is 0 Å². The number of rotatable bonds is 17. The summed E-state index contributed by atoms with van der Waals surface area (Å²) in [5.74, 6) is 0. The van der Waals surface area contributed by atoms with Crippen molar-refractivity contribution in [3.8, 4) is 0 Å². The van der Waals surface area contributed by atoms with Gasteiger partial charge >= 0.3 is 0 Å². The molecule has 0 aromatic rings. The Morgan fingerprint density at radius 2 is 1.17 bits per heavy atom. The number of hydrogen-bond acceptors (Lipinski definition) is 3. The molecule has 2 N–H and O–H groups in total. The van der Waals surface area contributed by atoms with Crippen molar-refractivity contribution in [1.82, 2.24) is 5.23 Å². The van der Waals surface area contributed by atoms with E-state index in [4.69, 9.17) is 10.4 Å². The lowest BCUT2D eigenvalue weighted by Gasteiger charge is -2.18. The maximum Gasteiger partial charge on any atom is 0.0621 e. The second-order valence-corrected chi connectivity index (χ2v) is 6.76. The van der Waals surface area contributed by atoms with Gasteiger partial charge in [-0.1, -0.05) is 89.0 Å². The largest absolute Gasteiger partial charge is 0.289 e. The van der Waals surface area contributed by atoms with E-state index < -0.39 is 0 Å². The molecule has 0 aliphatic heterocycles. The molecule has 0 aromatic carbocycles. The van der Waals surface area contributed by atoms with E-state index >= 15 is 0 Å². The van der Waals surface area contributed by atoms with Gasteiger partial charge in [-0.05, 0) is 38.5 Å². The van der Waals surface area contributed by atoms with Crippen molar-refractivity contribution in [2.24, 2.45) is 0 Å². The highest BCUT2D eigenvalue weighted by Crippen LogP contribution is 2.13. The van der Waals surface area contributed by atoms with Crippen molar-refractivity contribution in [2.45, 2.75) is 116 Å². The smallest absolute Gasteiger partial charge is 0.0621 e. The summed E-state index contributed by atoms with van der Waals surface area (Å²) in [6, 6.07) is -0.0973. The quantitative estimate of drug-likeness (QED) is 0.174. The zero-order chi connectivity index (χ0) is 17.2. The molecule has 0 aliphatic carbocycles. The first-order valence-electron chi connectivity index (χ1n) is 10.0. The Balaban J connectivity index is 3.22. The van der Waals surface area contributed by atoms with Crippen molar-refractivity contribution in [3.05, 3.63) is 12.2 Å². The molecule has 0 aromatic heterocycles. The third-order valence-corrected chi connectivity index (χ3v) is 4.60. The van der Waals surface area contributed by atoms with Crippen LogP contribution in [0.1, 0.15) is 110 Å². The fourth-order valence-electron chi connectivity index (χ4n) is 2.93. The summed E-state index contributed by atoms with van der Waals surface area (Å²) < 4.78 is 0. The fourth-order valence-corrected chi connectivity index (χ4v) is 2.93. The molecule has 3 heteroatoms. The molecule has 138 valence electrons. The summed E-state index contributed by atoms with van der Waals surface area (Å²) in [6.45, 7) is 4.25. The SMILES string of the molecule is CCCCCCCC/C=C\CCCCCCCC(CC)N(O)O. The predicted molar refractivity (Wildman–Crippen MR) is 98.9 cm³/mol. The molecule has 0 spiro atoms. The van der Waals surface area contributed by atoms with Crippen LogP contribution in [0.3, 0.4) is 0 Å². The summed E-state index contributed by atoms with van der Waals surface area (Å²) in [5.41, 5.74) is 0. The van der Waals surface area contributed by atoms with Crippen LogP contribution < -0.4 is 0 Å². The highest BCUT2D eigenvalue weighted by atomic mass is 16.8. The molecular weight excluding hydrogens is 286 g/mol. The third-order valence-electron chi connectivity index (χ3n) is 4.60. The first-order valence-corrected chi connectivity index (χ1v) is 10.0. The third kappa shape index (κ3) is 16.3. The lowest BCUT2D eigenvalue weighted by molar-refractivity contribution is -0.333. The minimum Gasteiger partial charge on any atom is -0.289 e. The molecule has 0 aliphatic rings. The molecule has 0 saturated heterocycles. The van der Waals surface area contributed by atoms with Gasteiger partial charge in [-0.15, -0.1) is 0 Å². The zero-order valence-corrected chi connectivity index (χ0v) is 15.7. The first kappa shape index (κ1) is 22.6. The van der Waals surface area contributed by atoms with Gasteiger partial charge in [0.25, 0.3) is 0 Å². The summed E-state index contributed by atoms with van der Waals surface area (Å²) in [4.78, 5) is 0. The average Bonchev–Trinajstić information content (AvgIpc) is 2.54. The first-order chi connectivity index (χ1) is 11.2. The Hall–Kier alpha value is -0.380. The number of nitrogens with zero attached hydrogens (tertiary/aromatic N) is 1. The highest BCUT2D eigenvalue weighted by molar-refractivity contribution is 4.81. The van der Waals surface area contributed by atoms with Gasteiger partial charge in [-0.3, -0.25) is 10.4 Å². The van der Waals surface area contributed by atoms with Crippen LogP contribution in [0.2, 0.25) is 0 Å². The van der Waals surface area contributed by atoms with E-state index in [9.17, 15) is 0 Å². The lowest BCUT2D eigenvalue weighted by Crippen LogP contribution is -2.28. The minimum absolute atomic E-state index is 0.0973. The van der Waals surface area contributed by atoms with Crippen molar-refractivity contribution < 1.29 is 10.4 Å². The van der Waals surface area contributed by atoms with Crippen molar-refractivity contribution in [3.63, 3.8) is 0 Å². The van der Waals surface area contributed by atoms with E-state index in [0.717, 1.165) is 19.3 Å². The second kappa shape index (κ2) is 18.0. The summed E-state index contributed by atoms with van der Waals surface area (Å²) in [5, 5.41) is 18.4. The van der Waals surface area contributed by atoms with E-state index in [2.05, 4.69) is 19.1 Å². The summed E-state index contributed by atoms with van der Waals surface area (Å²) >= 11 is 0. The molecule has 0 saturated carbocycles. The maximum absolute atomic E-state index is 9.01. The normalized spacial score (nSPS) is 13.3. The molecule has 0 amide bonds. The van der Waals surface area contributed by atoms with Crippen molar-refractivity contribution >= 4 is 0 Å². The lowest BCUT2D eigenvalue weighted by atomic mass is 10.0. The van der Waals surface area contributed by atoms with Gasteiger partial charge in [0.2, 0.25) is 0 Å². The maximum atomic E-state index is 9.01. The van der Waals surface area contributed by atoms with Crippen molar-refractivity contribution in [1.29, 1.82) is 0 Å². The monoisotopic (exact) mass is 327 g/mol. The van der Waals surface area contributed by atoms with Gasteiger partial charge in [-0.2, -0.15) is 0 Å². The van der Waals surface area contributed by atoms with E-state index in [1.807, 2.05) is 6.92 Å². The molecule has 3 nitrogen and oxygen atoms in total. The fraction of sp³-hybridized carbons (Fsp3) is 0.900. The summed E-state index contributed by atoms with van der Waals surface area (Å²) in [6.07, 6.45) is 23.3. The van der Waals surface area contributed by atoms with Gasteiger partial charge < -0.3 is 0 Å². The van der Waals surface area contributed by atoms with Gasteiger partial charge in [0.05, 0.1) is 6.04 Å². The Labute approximate surface area is 144 Å². The average molecular weight is 328 g/mol. The van der Waals surface area contributed by atoms with Crippen LogP contribution in [0.5, 0.6) is 0 Å². The van der Waals surface area contributed by atoms with E-state index in [0.29, 0.717) is 5.23 Å². The van der Waals surface area contributed by atoms with E-state index in [1.165, 1.54) is 77.0 Å². The van der Waals surface area contributed by atoms with Gasteiger partial charge in [0.1, 0.15) is 0 Å². The van der Waals surface area contributed by atoms with Gasteiger partial charge in [-0.25, -0.2) is 0 Å². The van der Waals surface area contributed by atoms with Gasteiger partial charge in [0.15, 0.2) is 0 Å². The molecule has 0 rings (SSSR count). The Morgan fingerprint density at radius 3 is 1.65 bits per heavy atom. The molecule has 0 heterocycles. The van der Waals surface area contributed by atoms with E-state index in [-0.39, 0.29) is 6.04 Å². The van der Waals surface area contributed by atoms with Crippen molar-refractivity contribution in [2.75, 3.05) is 0 Å². The number of allylic oxidation sites excluding steroid dienone is 2. The Kier molecular flexibility index (Phi) is 17.7. The topological polar surface area (TPSA) is 43.7 Å². The van der Waals surface area contributed by atoms with Crippen LogP contribution in [0, 0.1) is 0 Å². The number of hydroxylamine groups is 2. The van der Waals surface area contributed by atoms with Crippen LogP contribution in [-0.2, 0) is 0 Å². The molecule has 23 heavy (non-hydrogen) atoms. The zero-order valence-electron chi connectivity index (χ0n) is 15.7. The van der Waals surface area contributed by atoms with Crippen LogP contribution in [0.25, 0.3) is 0 Å². The highest BCUT2D eigenvalue weighted by Gasteiger charge is 2.11. The molecular formula is C20H41NO2. The van der Waals surface area contributed by atoms with Gasteiger partial charge in [0, 0.05) is 0 Å².